The number of carbonyl (C=O) groups excluding carboxylic acids is 1. The zero-order chi connectivity index (χ0) is 17.1. The van der Waals surface area contributed by atoms with Gasteiger partial charge in [0.05, 0.1) is 6.54 Å². The van der Waals surface area contributed by atoms with Gasteiger partial charge in [-0.05, 0) is 25.1 Å². The molecule has 1 aromatic heterocycles. The maximum atomic E-state index is 12.1. The third-order valence-electron chi connectivity index (χ3n) is 3.52. The Balaban J connectivity index is 1.83. The largest absolute Gasteiger partial charge is 0.479 e. The molecule has 7 nitrogen and oxygen atoms in total. The van der Waals surface area contributed by atoms with Crippen molar-refractivity contribution in [2.75, 3.05) is 18.5 Å². The quantitative estimate of drug-likeness (QED) is 0.841. The number of hydrogen-bond acceptors (Lipinski definition) is 6. The number of anilines is 1. The first-order chi connectivity index (χ1) is 11.6. The van der Waals surface area contributed by atoms with E-state index in [0.717, 1.165) is 5.75 Å². The summed E-state index contributed by atoms with van der Waals surface area (Å²) in [7, 11) is 1.63. The molecule has 0 radical (unpaired) electrons. The van der Waals surface area contributed by atoms with Crippen molar-refractivity contribution in [1.29, 1.82) is 0 Å². The lowest BCUT2D eigenvalue weighted by atomic mass is 10.3. The molecule has 2 unspecified atom stereocenters. The van der Waals surface area contributed by atoms with Crippen LogP contribution < -0.4 is 9.64 Å². The molecule has 24 heavy (non-hydrogen) atoms. The molecular weight excluding hydrogens is 328 g/mol. The second kappa shape index (κ2) is 6.98. The van der Waals surface area contributed by atoms with Crippen LogP contribution in [0.3, 0.4) is 0 Å². The number of carbonyl (C=O) groups is 1. The van der Waals surface area contributed by atoms with E-state index < -0.39 is 12.3 Å². The van der Waals surface area contributed by atoms with E-state index in [0.29, 0.717) is 10.1 Å². The Labute approximate surface area is 143 Å². The highest BCUT2D eigenvalue weighted by Crippen LogP contribution is 2.31. The zero-order valence-corrected chi connectivity index (χ0v) is 14.2. The molecule has 1 aromatic carbocycles. The fourth-order valence-electron chi connectivity index (χ4n) is 2.36. The summed E-state index contributed by atoms with van der Waals surface area (Å²) in [5.74, 6) is 0.717. The summed E-state index contributed by atoms with van der Waals surface area (Å²) < 4.78 is 5.94. The molecule has 0 saturated carbocycles. The number of aromatic nitrogens is 2. The first-order valence-electron chi connectivity index (χ1n) is 7.50. The highest BCUT2D eigenvalue weighted by molar-refractivity contribution is 7.15. The molecule has 0 aliphatic carbocycles. The zero-order valence-electron chi connectivity index (χ0n) is 13.4. The van der Waals surface area contributed by atoms with E-state index in [4.69, 9.17) is 4.74 Å². The number of hydrogen-bond donors (Lipinski definition) is 1. The molecule has 2 heterocycles. The Hall–Kier alpha value is -2.45. The van der Waals surface area contributed by atoms with Crippen LogP contribution in [0.2, 0.25) is 0 Å². The summed E-state index contributed by atoms with van der Waals surface area (Å²) >= 11 is 1.23. The van der Waals surface area contributed by atoms with E-state index in [9.17, 15) is 9.90 Å². The van der Waals surface area contributed by atoms with Crippen LogP contribution in [0.25, 0.3) is 0 Å². The van der Waals surface area contributed by atoms with Crippen molar-refractivity contribution in [3.8, 4) is 5.75 Å². The Morgan fingerprint density at radius 3 is 2.75 bits per heavy atom. The number of nitrogens with zero attached hydrogens (tertiary/aromatic N) is 4. The summed E-state index contributed by atoms with van der Waals surface area (Å²) in [5.41, 5.74) is 0. The van der Waals surface area contributed by atoms with Crippen molar-refractivity contribution < 1.29 is 14.6 Å². The first kappa shape index (κ1) is 16.4. The average Bonchev–Trinajstić information content (AvgIpc) is 3.13. The minimum atomic E-state index is -0.918. The fourth-order valence-corrected chi connectivity index (χ4v) is 3.25. The minimum absolute atomic E-state index is 0.243. The predicted octanol–water partition coefficient (Wildman–Crippen LogP) is 2.42. The molecule has 1 aliphatic rings. The Morgan fingerprint density at radius 2 is 2.12 bits per heavy atom. The van der Waals surface area contributed by atoms with Crippen LogP contribution in [0.15, 0.2) is 42.5 Å². The van der Waals surface area contributed by atoms with E-state index in [-0.39, 0.29) is 12.6 Å². The molecule has 0 bridgehead atoms. The first-order valence-corrected chi connectivity index (χ1v) is 8.32. The van der Waals surface area contributed by atoms with Gasteiger partial charge in [0.25, 0.3) is 0 Å². The lowest BCUT2D eigenvalue weighted by Crippen LogP contribution is -2.34. The van der Waals surface area contributed by atoms with E-state index in [1.807, 2.05) is 49.4 Å². The summed E-state index contributed by atoms with van der Waals surface area (Å²) in [4.78, 5) is 14.8. The number of benzene rings is 1. The molecule has 3 rings (SSSR count). The van der Waals surface area contributed by atoms with Crippen LogP contribution in [0.1, 0.15) is 18.0 Å². The van der Waals surface area contributed by atoms with E-state index in [1.54, 1.807) is 7.05 Å². The molecular formula is C16H18N4O3S. The summed E-state index contributed by atoms with van der Waals surface area (Å²) in [6, 6.07) is 9.13. The van der Waals surface area contributed by atoms with E-state index >= 15 is 0 Å². The van der Waals surface area contributed by atoms with Gasteiger partial charge in [0.1, 0.15) is 5.75 Å². The number of para-hydroxylation sites is 1. The molecule has 1 N–H and O–H groups in total. The number of allylic oxidation sites excluding steroid dienone is 1. The lowest BCUT2D eigenvalue weighted by molar-refractivity contribution is 0.183. The van der Waals surface area contributed by atoms with Crippen molar-refractivity contribution in [2.24, 2.45) is 0 Å². The van der Waals surface area contributed by atoms with Crippen molar-refractivity contribution >= 4 is 22.5 Å². The Morgan fingerprint density at radius 1 is 1.38 bits per heavy atom. The van der Waals surface area contributed by atoms with Crippen molar-refractivity contribution in [3.63, 3.8) is 0 Å². The molecule has 8 heteroatoms. The maximum absolute atomic E-state index is 12.1. The highest BCUT2D eigenvalue weighted by atomic mass is 32.1. The van der Waals surface area contributed by atoms with Crippen LogP contribution in [-0.2, 0) is 0 Å². The van der Waals surface area contributed by atoms with Crippen molar-refractivity contribution in [3.05, 3.63) is 47.5 Å². The number of likely N-dealkylation sites (N-methyl/N-ethyl adjacent to an activating group) is 1. The monoisotopic (exact) mass is 346 g/mol. The lowest BCUT2D eigenvalue weighted by Gasteiger charge is -2.15. The van der Waals surface area contributed by atoms with Gasteiger partial charge in [-0.2, -0.15) is 0 Å². The molecule has 2 atom stereocenters. The van der Waals surface area contributed by atoms with Gasteiger partial charge in [0.15, 0.2) is 17.3 Å². The Kier molecular flexibility index (Phi) is 4.77. The van der Waals surface area contributed by atoms with Gasteiger partial charge >= 0.3 is 6.03 Å². The minimum Gasteiger partial charge on any atom is -0.479 e. The molecule has 1 aliphatic heterocycles. The standard InChI is InChI=1S/C16H18N4O3S/c1-3-7-12(23-11-8-5-4-6-9-11)14-17-18-15(24-14)20-13(21)10-19(2)16(20)22/h3-9,12-13,21H,10H2,1-2H3. The maximum Gasteiger partial charge on any atom is 0.328 e. The number of β-amino-alcohol motifs (C(OH)–C–C–N with tert-alkyl or cyclic N) is 1. The summed E-state index contributed by atoms with van der Waals surface area (Å²) in [5, 5.41) is 19.2. The van der Waals surface area contributed by atoms with Crippen LogP contribution in [0.5, 0.6) is 5.75 Å². The summed E-state index contributed by atoms with van der Waals surface area (Å²) in [6.45, 7) is 2.14. The molecule has 2 amide bonds. The number of aliphatic hydroxyl groups excluding tert-OH is 1. The third-order valence-corrected chi connectivity index (χ3v) is 4.50. The molecule has 1 saturated heterocycles. The molecule has 2 aromatic rings. The number of rotatable bonds is 5. The van der Waals surface area contributed by atoms with Crippen molar-refractivity contribution in [1.82, 2.24) is 15.1 Å². The van der Waals surface area contributed by atoms with Crippen LogP contribution in [0, 0.1) is 0 Å². The number of ether oxygens (including phenoxy) is 1. The van der Waals surface area contributed by atoms with Crippen LogP contribution >= 0.6 is 11.3 Å². The SMILES string of the molecule is CC=CC(Oc1ccccc1)c1nnc(N2C(=O)N(C)CC2O)s1. The number of amides is 2. The molecule has 126 valence electrons. The number of urea groups is 1. The second-order valence-electron chi connectivity index (χ2n) is 5.31. The number of aliphatic hydroxyl groups is 1. The van der Waals surface area contributed by atoms with Gasteiger partial charge < -0.3 is 14.7 Å². The van der Waals surface area contributed by atoms with Gasteiger partial charge in [-0.15, -0.1) is 10.2 Å². The Bertz CT molecular complexity index is 734. The average molecular weight is 346 g/mol. The third kappa shape index (κ3) is 3.24. The summed E-state index contributed by atoms with van der Waals surface area (Å²) in [6.07, 6.45) is 2.42. The smallest absolute Gasteiger partial charge is 0.328 e. The predicted molar refractivity (Wildman–Crippen MR) is 91.0 cm³/mol. The van der Waals surface area contributed by atoms with Crippen LogP contribution in [0.4, 0.5) is 9.93 Å². The van der Waals surface area contributed by atoms with Gasteiger partial charge in [-0.25, -0.2) is 9.69 Å². The van der Waals surface area contributed by atoms with E-state index in [1.165, 1.54) is 21.1 Å². The topological polar surface area (TPSA) is 78.8 Å². The van der Waals surface area contributed by atoms with Gasteiger partial charge in [0.2, 0.25) is 5.13 Å². The van der Waals surface area contributed by atoms with Gasteiger partial charge in [-0.3, -0.25) is 0 Å². The highest BCUT2D eigenvalue weighted by Gasteiger charge is 2.37. The molecule has 1 fully saturated rings. The van der Waals surface area contributed by atoms with Gasteiger partial charge in [0, 0.05) is 7.05 Å². The second-order valence-corrected chi connectivity index (χ2v) is 6.30. The van der Waals surface area contributed by atoms with Crippen molar-refractivity contribution in [2.45, 2.75) is 19.3 Å². The van der Waals surface area contributed by atoms with E-state index in [2.05, 4.69) is 10.2 Å². The normalized spacial score (nSPS) is 19.3. The van der Waals surface area contributed by atoms with Gasteiger partial charge in [-0.1, -0.05) is 35.6 Å². The van der Waals surface area contributed by atoms with Crippen LogP contribution in [-0.4, -0.2) is 46.1 Å². The molecule has 0 spiro atoms. The fraction of sp³-hybridized carbons (Fsp3) is 0.312.